The van der Waals surface area contributed by atoms with E-state index in [0.717, 1.165) is 15.6 Å². The highest BCUT2D eigenvalue weighted by atomic mass is 79.9. The van der Waals surface area contributed by atoms with Crippen molar-refractivity contribution in [1.29, 1.82) is 0 Å². The second kappa shape index (κ2) is 6.68. The lowest BCUT2D eigenvalue weighted by molar-refractivity contribution is -0.136. The van der Waals surface area contributed by atoms with Gasteiger partial charge in [-0.05, 0) is 44.0 Å². The van der Waals surface area contributed by atoms with Gasteiger partial charge in [0.2, 0.25) is 0 Å². The van der Waals surface area contributed by atoms with Crippen molar-refractivity contribution < 1.29 is 14.7 Å². The van der Waals surface area contributed by atoms with E-state index in [1.165, 1.54) is 6.92 Å². The van der Waals surface area contributed by atoms with Crippen LogP contribution in [0, 0.1) is 13.8 Å². The first-order chi connectivity index (χ1) is 8.81. The van der Waals surface area contributed by atoms with E-state index >= 15 is 0 Å². The number of amides is 2. The van der Waals surface area contributed by atoms with Crippen molar-refractivity contribution in [3.05, 3.63) is 27.7 Å². The van der Waals surface area contributed by atoms with E-state index in [4.69, 9.17) is 5.11 Å². The second-order valence-electron chi connectivity index (χ2n) is 4.43. The number of aliphatic hydroxyl groups excluding tert-OH is 1. The maximum Gasteiger partial charge on any atom is 0.313 e. The Hall–Kier alpha value is -1.40. The van der Waals surface area contributed by atoms with Crippen molar-refractivity contribution in [3.63, 3.8) is 0 Å². The normalized spacial score (nSPS) is 11.8. The van der Waals surface area contributed by atoms with E-state index in [9.17, 15) is 9.59 Å². The van der Waals surface area contributed by atoms with Crippen LogP contribution in [0.1, 0.15) is 18.1 Å². The summed E-state index contributed by atoms with van der Waals surface area (Å²) in [6.45, 7) is 5.27. The molecule has 0 aliphatic carbocycles. The molecule has 0 aliphatic rings. The van der Waals surface area contributed by atoms with Crippen LogP contribution in [0.3, 0.4) is 0 Å². The molecule has 1 rings (SSSR count). The van der Waals surface area contributed by atoms with E-state index in [1.54, 1.807) is 0 Å². The lowest BCUT2D eigenvalue weighted by Gasteiger charge is -2.12. The molecule has 3 N–H and O–H groups in total. The summed E-state index contributed by atoms with van der Waals surface area (Å²) in [5.74, 6) is -1.50. The molecule has 0 saturated carbocycles. The monoisotopic (exact) mass is 328 g/mol. The minimum atomic E-state index is -0.761. The minimum absolute atomic E-state index is 0.0462. The Morgan fingerprint density at radius 2 is 1.79 bits per heavy atom. The molecule has 0 aromatic heterocycles. The third kappa shape index (κ3) is 4.65. The first-order valence-corrected chi connectivity index (χ1v) is 6.64. The average Bonchev–Trinajstić information content (AvgIpc) is 2.30. The summed E-state index contributed by atoms with van der Waals surface area (Å²) >= 11 is 3.36. The molecule has 2 amide bonds. The third-order valence-corrected chi connectivity index (χ3v) is 2.96. The summed E-state index contributed by atoms with van der Waals surface area (Å²) in [7, 11) is 0. The summed E-state index contributed by atoms with van der Waals surface area (Å²) in [4.78, 5) is 23.2. The Labute approximate surface area is 120 Å². The summed E-state index contributed by atoms with van der Waals surface area (Å²) in [5, 5.41) is 14.0. The van der Waals surface area contributed by atoms with Crippen LogP contribution in [0.5, 0.6) is 0 Å². The highest BCUT2D eigenvalue weighted by molar-refractivity contribution is 9.10. The largest absolute Gasteiger partial charge is 0.392 e. The van der Waals surface area contributed by atoms with Gasteiger partial charge in [0.25, 0.3) is 0 Å². The Morgan fingerprint density at radius 3 is 2.26 bits per heavy atom. The SMILES string of the molecule is Cc1cc(Br)cc(C)c1NC(=O)C(=O)NCC(C)O. The molecule has 0 fully saturated rings. The van der Waals surface area contributed by atoms with Crippen molar-refractivity contribution in [2.24, 2.45) is 0 Å². The number of halogens is 1. The maximum absolute atomic E-state index is 11.7. The van der Waals surface area contributed by atoms with Gasteiger partial charge in [0, 0.05) is 16.7 Å². The number of benzene rings is 1. The van der Waals surface area contributed by atoms with Gasteiger partial charge in [-0.25, -0.2) is 0 Å². The van der Waals surface area contributed by atoms with Crippen LogP contribution < -0.4 is 10.6 Å². The van der Waals surface area contributed by atoms with E-state index in [1.807, 2.05) is 26.0 Å². The zero-order valence-electron chi connectivity index (χ0n) is 11.1. The lowest BCUT2D eigenvalue weighted by Crippen LogP contribution is -2.39. The van der Waals surface area contributed by atoms with Crippen LogP contribution in [-0.2, 0) is 9.59 Å². The van der Waals surface area contributed by atoms with Gasteiger partial charge in [0.1, 0.15) is 0 Å². The van der Waals surface area contributed by atoms with Crippen molar-refractivity contribution in [2.75, 3.05) is 11.9 Å². The maximum atomic E-state index is 11.7. The fourth-order valence-corrected chi connectivity index (χ4v) is 2.29. The zero-order chi connectivity index (χ0) is 14.6. The molecule has 0 radical (unpaired) electrons. The highest BCUT2D eigenvalue weighted by Gasteiger charge is 2.16. The van der Waals surface area contributed by atoms with Crippen LogP contribution in [0.4, 0.5) is 5.69 Å². The molecule has 1 aromatic rings. The van der Waals surface area contributed by atoms with Crippen molar-refractivity contribution in [1.82, 2.24) is 5.32 Å². The van der Waals surface area contributed by atoms with Crippen molar-refractivity contribution in [2.45, 2.75) is 26.9 Å². The molecule has 1 aromatic carbocycles. The number of hydrogen-bond acceptors (Lipinski definition) is 3. The van der Waals surface area contributed by atoms with Gasteiger partial charge < -0.3 is 15.7 Å². The van der Waals surface area contributed by atoms with Gasteiger partial charge in [-0.2, -0.15) is 0 Å². The summed E-state index contributed by atoms with van der Waals surface area (Å²) < 4.78 is 0.916. The number of nitrogens with one attached hydrogen (secondary N) is 2. The highest BCUT2D eigenvalue weighted by Crippen LogP contribution is 2.24. The summed E-state index contributed by atoms with van der Waals surface area (Å²) in [5.41, 5.74) is 2.35. The predicted octanol–water partition coefficient (Wildman–Crippen LogP) is 1.50. The molecule has 1 atom stereocenters. The Kier molecular flexibility index (Phi) is 5.50. The molecule has 0 spiro atoms. The van der Waals surface area contributed by atoms with E-state index in [0.29, 0.717) is 5.69 Å². The molecule has 1 unspecified atom stereocenters. The minimum Gasteiger partial charge on any atom is -0.392 e. The van der Waals surface area contributed by atoms with Crippen LogP contribution in [0.2, 0.25) is 0 Å². The van der Waals surface area contributed by atoms with Crippen LogP contribution in [0.15, 0.2) is 16.6 Å². The van der Waals surface area contributed by atoms with Crippen molar-refractivity contribution >= 4 is 33.4 Å². The molecule has 19 heavy (non-hydrogen) atoms. The van der Waals surface area contributed by atoms with Crippen molar-refractivity contribution in [3.8, 4) is 0 Å². The topological polar surface area (TPSA) is 78.4 Å². The van der Waals surface area contributed by atoms with Gasteiger partial charge in [-0.1, -0.05) is 15.9 Å². The number of rotatable bonds is 3. The Bertz CT molecular complexity index is 478. The van der Waals surface area contributed by atoms with Crippen LogP contribution >= 0.6 is 15.9 Å². The number of aliphatic hydroxyl groups is 1. The Morgan fingerprint density at radius 1 is 1.26 bits per heavy atom. The number of anilines is 1. The zero-order valence-corrected chi connectivity index (χ0v) is 12.7. The van der Waals surface area contributed by atoms with E-state index in [2.05, 4.69) is 26.6 Å². The molecular weight excluding hydrogens is 312 g/mol. The average molecular weight is 329 g/mol. The molecule has 104 valence electrons. The van der Waals surface area contributed by atoms with E-state index in [-0.39, 0.29) is 6.54 Å². The quantitative estimate of drug-likeness (QED) is 0.736. The fourth-order valence-electron chi connectivity index (χ4n) is 1.60. The van der Waals surface area contributed by atoms with Gasteiger partial charge in [0.05, 0.1) is 6.10 Å². The van der Waals surface area contributed by atoms with Gasteiger partial charge in [-0.15, -0.1) is 0 Å². The molecule has 0 saturated heterocycles. The van der Waals surface area contributed by atoms with Gasteiger partial charge in [-0.3, -0.25) is 9.59 Å². The molecule has 0 bridgehead atoms. The second-order valence-corrected chi connectivity index (χ2v) is 5.34. The number of hydrogen-bond donors (Lipinski definition) is 3. The van der Waals surface area contributed by atoms with Crippen LogP contribution in [-0.4, -0.2) is 29.6 Å². The lowest BCUT2D eigenvalue weighted by atomic mass is 10.1. The standard InChI is InChI=1S/C13H17BrN2O3/c1-7-4-10(14)5-8(2)11(7)16-13(19)12(18)15-6-9(3)17/h4-5,9,17H,6H2,1-3H3,(H,15,18)(H,16,19). The number of carbonyl (C=O) groups excluding carboxylic acids is 2. The molecule has 0 aliphatic heterocycles. The summed E-state index contributed by atoms with van der Waals surface area (Å²) in [6.07, 6.45) is -0.687. The van der Waals surface area contributed by atoms with E-state index < -0.39 is 17.9 Å². The summed E-state index contributed by atoms with van der Waals surface area (Å²) in [6, 6.07) is 3.71. The molecular formula is C13H17BrN2O3. The predicted molar refractivity (Wildman–Crippen MR) is 76.9 cm³/mol. The molecule has 0 heterocycles. The first-order valence-electron chi connectivity index (χ1n) is 5.85. The molecule has 6 heteroatoms. The molecule has 5 nitrogen and oxygen atoms in total. The van der Waals surface area contributed by atoms with Gasteiger partial charge >= 0.3 is 11.8 Å². The first kappa shape index (κ1) is 15.7. The van der Waals surface area contributed by atoms with Crippen LogP contribution in [0.25, 0.3) is 0 Å². The number of aryl methyl sites for hydroxylation is 2. The number of carbonyl (C=O) groups is 2. The third-order valence-electron chi connectivity index (χ3n) is 2.50. The fraction of sp³-hybridized carbons (Fsp3) is 0.385. The Balaban J connectivity index is 2.75. The smallest absolute Gasteiger partial charge is 0.313 e. The van der Waals surface area contributed by atoms with Gasteiger partial charge in [0.15, 0.2) is 0 Å².